The number of hydrogen-bond acceptors (Lipinski definition) is 2. The first-order chi connectivity index (χ1) is 3.60. The maximum absolute atomic E-state index is 5.26. The van der Waals surface area contributed by atoms with Crippen molar-refractivity contribution < 1.29 is 14.5 Å². The number of nitrogens with zero attached hydrogens (tertiary/aromatic N) is 1. The molecule has 1 heterocycles. The molecule has 0 N–H and O–H groups in total. The molecular weight excluding hydrogens is 106 g/mol. The van der Waals surface area contributed by atoms with E-state index in [2.05, 4.69) is 0 Å². The zero-order valence-electron chi connectivity index (χ0n) is 5.55. The Morgan fingerprint density at radius 2 is 2.12 bits per heavy atom. The van der Waals surface area contributed by atoms with Gasteiger partial charge in [-0.15, -0.1) is 0 Å². The molecule has 0 saturated carbocycles. The molecule has 0 aromatic carbocycles. The first-order valence-electron chi connectivity index (χ1n) is 2.77. The van der Waals surface area contributed by atoms with Crippen LogP contribution in [0.4, 0.5) is 0 Å². The van der Waals surface area contributed by atoms with Gasteiger partial charge in [0, 0.05) is 0 Å². The number of hydrogen-bond donors (Lipinski definition) is 0. The first kappa shape index (κ1) is 6.01. The van der Waals surface area contributed by atoms with E-state index < -0.39 is 0 Å². The molecule has 0 aliphatic carbocycles. The van der Waals surface area contributed by atoms with E-state index >= 15 is 0 Å². The molecule has 1 aliphatic rings. The van der Waals surface area contributed by atoms with Crippen LogP contribution in [0.2, 0.25) is 0 Å². The number of rotatable bonds is 0. The second kappa shape index (κ2) is 1.69. The largest absolute Gasteiger partial charge is 0.165 e. The minimum Gasteiger partial charge on any atom is -0.165 e. The Bertz CT molecular complexity index is 92.4. The summed E-state index contributed by atoms with van der Waals surface area (Å²) in [6.45, 7) is 2.69. The zero-order chi connectivity index (χ0) is 6.20. The Kier molecular flexibility index (Phi) is 1.27. The van der Waals surface area contributed by atoms with Crippen molar-refractivity contribution in [1.29, 1.82) is 0 Å². The van der Waals surface area contributed by atoms with E-state index in [4.69, 9.17) is 9.68 Å². The van der Waals surface area contributed by atoms with Crippen molar-refractivity contribution >= 4 is 0 Å². The van der Waals surface area contributed by atoms with Crippen LogP contribution in [0.3, 0.4) is 0 Å². The van der Waals surface area contributed by atoms with Crippen molar-refractivity contribution in [2.24, 2.45) is 0 Å². The van der Waals surface area contributed by atoms with E-state index in [0.717, 1.165) is 0 Å². The van der Waals surface area contributed by atoms with Crippen LogP contribution in [0.25, 0.3) is 0 Å². The topological polar surface area (TPSA) is 18.5 Å². The molecule has 0 amide bonds. The van der Waals surface area contributed by atoms with E-state index in [1.165, 1.54) is 0 Å². The van der Waals surface area contributed by atoms with Gasteiger partial charge in [-0.3, -0.25) is 0 Å². The van der Waals surface area contributed by atoms with Crippen LogP contribution in [0.15, 0.2) is 0 Å². The van der Waals surface area contributed by atoms with E-state index in [9.17, 15) is 0 Å². The molecule has 8 heavy (non-hydrogen) atoms. The molecule has 1 rings (SSSR count). The molecule has 0 spiro atoms. The Labute approximate surface area is 49.3 Å². The van der Waals surface area contributed by atoms with Gasteiger partial charge in [-0.25, -0.2) is 0 Å². The molecule has 1 saturated heterocycles. The highest BCUT2D eigenvalue weighted by Gasteiger charge is 2.31. The van der Waals surface area contributed by atoms with Crippen LogP contribution in [0.5, 0.6) is 0 Å². The molecule has 3 heteroatoms. The summed E-state index contributed by atoms with van der Waals surface area (Å²) >= 11 is 0. The minimum atomic E-state index is 0.237. The van der Waals surface area contributed by atoms with Crippen LogP contribution in [0, 0.1) is 0 Å². The summed E-state index contributed by atoms with van der Waals surface area (Å²) in [7, 11) is 3.73. The summed E-state index contributed by atoms with van der Waals surface area (Å²) < 4.78 is 0. The minimum absolute atomic E-state index is 0.237. The Morgan fingerprint density at radius 1 is 1.50 bits per heavy atom. The van der Waals surface area contributed by atoms with Crippen molar-refractivity contribution in [2.45, 2.75) is 13.0 Å². The van der Waals surface area contributed by atoms with Crippen molar-refractivity contribution in [2.75, 3.05) is 20.7 Å². The van der Waals surface area contributed by atoms with Gasteiger partial charge in [0.05, 0.1) is 0 Å². The van der Waals surface area contributed by atoms with Gasteiger partial charge in [0.2, 0.25) is 0 Å². The average Bonchev–Trinajstić information content (AvgIpc) is 1.82. The highest BCUT2D eigenvalue weighted by atomic mass is 17.0. The Balaban J connectivity index is 2.44. The molecule has 1 aliphatic heterocycles. The molecule has 0 aromatic heterocycles. The number of quaternary nitrogens is 1. The highest BCUT2D eigenvalue weighted by Crippen LogP contribution is 2.13. The van der Waals surface area contributed by atoms with E-state index in [-0.39, 0.29) is 10.9 Å². The smallest absolute Gasteiger partial charge is 0.147 e. The second-order valence-corrected chi connectivity index (χ2v) is 2.46. The lowest BCUT2D eigenvalue weighted by atomic mass is 10.5. The van der Waals surface area contributed by atoms with Crippen LogP contribution >= 0.6 is 0 Å². The predicted octanol–water partition coefficient (Wildman–Crippen LogP) is 0.328. The van der Waals surface area contributed by atoms with Gasteiger partial charge in [-0.05, 0) is 11.7 Å². The van der Waals surface area contributed by atoms with Crippen LogP contribution in [-0.4, -0.2) is 31.6 Å². The number of hydroxylamine groups is 4. The van der Waals surface area contributed by atoms with Gasteiger partial charge in [0.15, 0.2) is 0 Å². The first-order valence-corrected chi connectivity index (χ1v) is 2.77. The molecule has 1 atom stereocenters. The quantitative estimate of drug-likeness (QED) is 0.427. The highest BCUT2D eigenvalue weighted by molar-refractivity contribution is 4.41. The van der Waals surface area contributed by atoms with Gasteiger partial charge in [-0.1, -0.05) is 0 Å². The second-order valence-electron chi connectivity index (χ2n) is 2.46. The molecule has 0 aromatic rings. The third-order valence-electron chi connectivity index (χ3n) is 1.05. The maximum Gasteiger partial charge on any atom is 0.147 e. The lowest BCUT2D eigenvalue weighted by Crippen LogP contribution is -2.33. The fourth-order valence-corrected chi connectivity index (χ4v) is 0.779. The molecule has 1 unspecified atom stereocenters. The van der Waals surface area contributed by atoms with Gasteiger partial charge in [0.25, 0.3) is 0 Å². The SMILES string of the molecule is CC1CO[N+](C)(C)O1. The van der Waals surface area contributed by atoms with Crippen molar-refractivity contribution in [3.63, 3.8) is 0 Å². The molecule has 48 valence electrons. The third kappa shape index (κ3) is 1.18. The summed E-state index contributed by atoms with van der Waals surface area (Å²) in [5.41, 5.74) is 0. The summed E-state index contributed by atoms with van der Waals surface area (Å²) in [4.78, 5) is 10.7. The lowest BCUT2D eigenvalue weighted by Gasteiger charge is -2.14. The van der Waals surface area contributed by atoms with Gasteiger partial charge >= 0.3 is 0 Å². The Hall–Kier alpha value is -0.120. The molecule has 1 fully saturated rings. The van der Waals surface area contributed by atoms with E-state index in [1.807, 2.05) is 21.0 Å². The third-order valence-corrected chi connectivity index (χ3v) is 1.05. The molecular formula is C5H12NO2+. The fraction of sp³-hybridized carbons (Fsp3) is 1.00. The summed E-state index contributed by atoms with van der Waals surface area (Å²) in [6, 6.07) is 0. The Morgan fingerprint density at radius 3 is 2.25 bits per heavy atom. The predicted molar refractivity (Wildman–Crippen MR) is 28.6 cm³/mol. The standard InChI is InChI=1S/C5H12NO2/c1-5-4-7-6(2,3)8-5/h5H,4H2,1-3H3/q+1. The average molecular weight is 118 g/mol. The van der Waals surface area contributed by atoms with Crippen molar-refractivity contribution in [3.05, 3.63) is 0 Å². The van der Waals surface area contributed by atoms with Crippen molar-refractivity contribution in [1.82, 2.24) is 0 Å². The van der Waals surface area contributed by atoms with Crippen LogP contribution in [0.1, 0.15) is 6.92 Å². The van der Waals surface area contributed by atoms with Gasteiger partial charge in [-0.2, -0.15) is 9.68 Å². The molecule has 3 nitrogen and oxygen atoms in total. The summed E-state index contributed by atoms with van der Waals surface area (Å²) in [6.07, 6.45) is 0.241. The van der Waals surface area contributed by atoms with Crippen molar-refractivity contribution in [3.8, 4) is 0 Å². The normalized spacial score (nSPS) is 35.6. The molecule has 0 radical (unpaired) electrons. The van der Waals surface area contributed by atoms with Gasteiger partial charge < -0.3 is 0 Å². The van der Waals surface area contributed by atoms with E-state index in [0.29, 0.717) is 6.61 Å². The summed E-state index contributed by atoms with van der Waals surface area (Å²) in [5.74, 6) is 0. The van der Waals surface area contributed by atoms with Gasteiger partial charge in [0.1, 0.15) is 26.8 Å². The molecule has 0 bridgehead atoms. The van der Waals surface area contributed by atoms with Crippen LogP contribution < -0.4 is 0 Å². The lowest BCUT2D eigenvalue weighted by molar-refractivity contribution is -1.20. The van der Waals surface area contributed by atoms with E-state index in [1.54, 1.807) is 0 Å². The van der Waals surface area contributed by atoms with Crippen LogP contribution in [-0.2, 0) is 9.68 Å². The zero-order valence-corrected chi connectivity index (χ0v) is 5.55. The fourth-order valence-electron chi connectivity index (χ4n) is 0.779. The monoisotopic (exact) mass is 118 g/mol. The maximum atomic E-state index is 5.26. The summed E-state index contributed by atoms with van der Waals surface area (Å²) in [5, 5.41) is 0.